The normalized spacial score (nSPS) is 10.8. The first-order chi connectivity index (χ1) is 10.2. The summed E-state index contributed by atoms with van der Waals surface area (Å²) in [5.74, 6) is 0.643. The number of pyridine rings is 1. The van der Waals surface area contributed by atoms with Crippen molar-refractivity contribution >= 4 is 10.9 Å². The summed E-state index contributed by atoms with van der Waals surface area (Å²) in [6.45, 7) is 4.19. The highest BCUT2D eigenvalue weighted by Gasteiger charge is 2.08. The third-order valence-electron chi connectivity index (χ3n) is 3.12. The van der Waals surface area contributed by atoms with E-state index >= 15 is 0 Å². The van der Waals surface area contributed by atoms with Gasteiger partial charge in [-0.25, -0.2) is 9.97 Å². The van der Waals surface area contributed by atoms with E-state index in [0.29, 0.717) is 18.3 Å². The van der Waals surface area contributed by atoms with Crippen LogP contribution in [0.5, 0.6) is 11.8 Å². The lowest BCUT2D eigenvalue weighted by molar-refractivity contribution is 0.441. The van der Waals surface area contributed by atoms with Crippen molar-refractivity contribution in [2.24, 2.45) is 5.73 Å². The van der Waals surface area contributed by atoms with Crippen LogP contribution in [-0.4, -0.2) is 15.0 Å². The van der Waals surface area contributed by atoms with Crippen LogP contribution in [0.25, 0.3) is 10.9 Å². The summed E-state index contributed by atoms with van der Waals surface area (Å²) >= 11 is 0. The molecule has 0 amide bonds. The quantitative estimate of drug-likeness (QED) is 0.798. The number of benzene rings is 1. The number of ether oxygens (including phenoxy) is 1. The first kappa shape index (κ1) is 13.5. The van der Waals surface area contributed by atoms with Gasteiger partial charge in [0.15, 0.2) is 5.75 Å². The third kappa shape index (κ3) is 2.83. The Morgan fingerprint density at radius 1 is 1.00 bits per heavy atom. The summed E-state index contributed by atoms with van der Waals surface area (Å²) in [5.41, 5.74) is 8.95. The Morgan fingerprint density at radius 2 is 1.86 bits per heavy atom. The van der Waals surface area contributed by atoms with Gasteiger partial charge in [0.1, 0.15) is 5.52 Å². The molecule has 3 aromatic rings. The number of hydrogen-bond donors (Lipinski definition) is 1. The van der Waals surface area contributed by atoms with Crippen molar-refractivity contribution in [3.63, 3.8) is 0 Å². The number of aryl methyl sites for hydroxylation is 2. The Kier molecular flexibility index (Phi) is 3.50. The molecule has 5 heteroatoms. The van der Waals surface area contributed by atoms with Crippen molar-refractivity contribution in [3.8, 4) is 11.8 Å². The number of nitrogens with two attached hydrogens (primary N) is 1. The maximum Gasteiger partial charge on any atom is 0.322 e. The van der Waals surface area contributed by atoms with Crippen LogP contribution in [0.1, 0.15) is 17.1 Å². The maximum atomic E-state index is 5.83. The summed E-state index contributed by atoms with van der Waals surface area (Å²) in [5, 5.41) is 1.02. The number of rotatable bonds is 3. The second kappa shape index (κ2) is 5.46. The Morgan fingerprint density at radius 3 is 2.67 bits per heavy atom. The monoisotopic (exact) mass is 280 g/mol. The SMILES string of the molecule is Cc1cc(CN)nc(Oc2cccc3ccc(C)nc23)n1. The molecular weight excluding hydrogens is 264 g/mol. The highest BCUT2D eigenvalue weighted by atomic mass is 16.5. The first-order valence-electron chi connectivity index (χ1n) is 6.74. The zero-order valence-corrected chi connectivity index (χ0v) is 12.0. The summed E-state index contributed by atoms with van der Waals surface area (Å²) in [7, 11) is 0. The predicted octanol–water partition coefficient (Wildman–Crippen LogP) is 2.89. The zero-order chi connectivity index (χ0) is 14.8. The molecule has 0 aliphatic carbocycles. The van der Waals surface area contributed by atoms with Crippen LogP contribution in [0.2, 0.25) is 0 Å². The molecule has 0 fully saturated rings. The van der Waals surface area contributed by atoms with Gasteiger partial charge in [-0.1, -0.05) is 18.2 Å². The van der Waals surface area contributed by atoms with Gasteiger partial charge in [-0.05, 0) is 32.0 Å². The van der Waals surface area contributed by atoms with Gasteiger partial charge < -0.3 is 10.5 Å². The van der Waals surface area contributed by atoms with Crippen LogP contribution in [0.3, 0.4) is 0 Å². The number of hydrogen-bond acceptors (Lipinski definition) is 5. The fourth-order valence-electron chi connectivity index (χ4n) is 2.15. The lowest BCUT2D eigenvalue weighted by atomic mass is 10.2. The molecule has 2 heterocycles. The molecular formula is C16H16N4O. The van der Waals surface area contributed by atoms with Crippen molar-refractivity contribution in [1.82, 2.24) is 15.0 Å². The fraction of sp³-hybridized carbons (Fsp3) is 0.188. The van der Waals surface area contributed by atoms with Gasteiger partial charge in [-0.2, -0.15) is 4.98 Å². The Hall–Kier alpha value is -2.53. The Balaban J connectivity index is 2.05. The van der Waals surface area contributed by atoms with Crippen LogP contribution in [-0.2, 0) is 6.54 Å². The van der Waals surface area contributed by atoms with E-state index in [-0.39, 0.29) is 0 Å². The number of nitrogens with zero attached hydrogens (tertiary/aromatic N) is 3. The van der Waals surface area contributed by atoms with E-state index in [2.05, 4.69) is 15.0 Å². The second-order valence-corrected chi connectivity index (χ2v) is 4.87. The van der Waals surface area contributed by atoms with Crippen molar-refractivity contribution in [3.05, 3.63) is 53.5 Å². The highest BCUT2D eigenvalue weighted by molar-refractivity contribution is 5.84. The van der Waals surface area contributed by atoms with Gasteiger partial charge in [0.25, 0.3) is 0 Å². The molecule has 0 saturated carbocycles. The van der Waals surface area contributed by atoms with Gasteiger partial charge in [0.2, 0.25) is 0 Å². The lowest BCUT2D eigenvalue weighted by Gasteiger charge is -2.09. The average molecular weight is 280 g/mol. The molecule has 0 aliphatic heterocycles. The van der Waals surface area contributed by atoms with E-state index < -0.39 is 0 Å². The smallest absolute Gasteiger partial charge is 0.322 e. The van der Waals surface area contributed by atoms with Crippen molar-refractivity contribution in [2.45, 2.75) is 20.4 Å². The number of para-hydroxylation sites is 1. The van der Waals surface area contributed by atoms with Crippen molar-refractivity contribution in [2.75, 3.05) is 0 Å². The van der Waals surface area contributed by atoms with Gasteiger partial charge in [0, 0.05) is 23.3 Å². The van der Waals surface area contributed by atoms with Crippen LogP contribution in [0.4, 0.5) is 0 Å². The third-order valence-corrected chi connectivity index (χ3v) is 3.12. The van der Waals surface area contributed by atoms with Crippen LogP contribution in [0, 0.1) is 13.8 Å². The second-order valence-electron chi connectivity index (χ2n) is 4.87. The minimum absolute atomic E-state index is 0.297. The molecule has 1 aromatic carbocycles. The molecule has 0 bridgehead atoms. The van der Waals surface area contributed by atoms with E-state index in [9.17, 15) is 0 Å². The Labute approximate surface area is 122 Å². The predicted molar refractivity (Wildman–Crippen MR) is 81.2 cm³/mol. The lowest BCUT2D eigenvalue weighted by Crippen LogP contribution is -2.03. The number of aromatic nitrogens is 3. The first-order valence-corrected chi connectivity index (χ1v) is 6.74. The molecule has 0 radical (unpaired) electrons. The minimum atomic E-state index is 0.297. The van der Waals surface area contributed by atoms with Crippen molar-refractivity contribution in [1.29, 1.82) is 0 Å². The topological polar surface area (TPSA) is 73.9 Å². The summed E-state index contributed by atoms with van der Waals surface area (Å²) < 4.78 is 5.83. The summed E-state index contributed by atoms with van der Waals surface area (Å²) in [4.78, 5) is 13.1. The minimum Gasteiger partial charge on any atom is -0.422 e. The summed E-state index contributed by atoms with van der Waals surface area (Å²) in [6.07, 6.45) is 0. The average Bonchev–Trinajstić information content (AvgIpc) is 2.47. The van der Waals surface area contributed by atoms with Crippen LogP contribution >= 0.6 is 0 Å². The molecule has 0 atom stereocenters. The van der Waals surface area contributed by atoms with Crippen molar-refractivity contribution < 1.29 is 4.74 Å². The molecule has 2 N–H and O–H groups in total. The molecule has 21 heavy (non-hydrogen) atoms. The molecule has 106 valence electrons. The van der Waals surface area contributed by atoms with E-state index in [4.69, 9.17) is 10.5 Å². The van der Waals surface area contributed by atoms with Gasteiger partial charge >= 0.3 is 6.01 Å². The van der Waals surface area contributed by atoms with Crippen LogP contribution in [0.15, 0.2) is 36.4 Å². The Bertz CT molecular complexity index is 801. The van der Waals surface area contributed by atoms with E-state index in [1.165, 1.54) is 0 Å². The summed E-state index contributed by atoms with van der Waals surface area (Å²) in [6, 6.07) is 11.9. The molecule has 0 unspecified atom stereocenters. The standard InChI is InChI=1S/C16H16N4O/c1-10-6-7-12-4-3-5-14(15(12)18-10)21-16-19-11(2)8-13(9-17)20-16/h3-8H,9,17H2,1-2H3. The molecule has 5 nitrogen and oxygen atoms in total. The van der Waals surface area contributed by atoms with Gasteiger partial charge in [-0.3, -0.25) is 0 Å². The molecule has 3 rings (SSSR count). The largest absolute Gasteiger partial charge is 0.422 e. The molecule has 2 aromatic heterocycles. The molecule has 0 spiro atoms. The fourth-order valence-corrected chi connectivity index (χ4v) is 2.15. The van der Waals surface area contributed by atoms with E-state index in [0.717, 1.165) is 28.0 Å². The number of fused-ring (bicyclic) bond motifs is 1. The van der Waals surface area contributed by atoms with Gasteiger partial charge in [0.05, 0.1) is 5.69 Å². The van der Waals surface area contributed by atoms with E-state index in [1.807, 2.05) is 50.2 Å². The maximum absolute atomic E-state index is 5.83. The van der Waals surface area contributed by atoms with Crippen LogP contribution < -0.4 is 10.5 Å². The van der Waals surface area contributed by atoms with E-state index in [1.54, 1.807) is 0 Å². The molecule has 0 saturated heterocycles. The molecule has 0 aliphatic rings. The highest BCUT2D eigenvalue weighted by Crippen LogP contribution is 2.27. The van der Waals surface area contributed by atoms with Gasteiger partial charge in [-0.15, -0.1) is 0 Å². The zero-order valence-electron chi connectivity index (χ0n) is 12.0.